The van der Waals surface area contributed by atoms with Crippen LogP contribution in [0, 0.1) is 18.3 Å². The van der Waals surface area contributed by atoms with E-state index >= 15 is 0 Å². The normalized spacial score (nSPS) is 13.4. The second-order valence-corrected chi connectivity index (χ2v) is 8.39. The van der Waals surface area contributed by atoms with Crippen molar-refractivity contribution in [2.45, 2.75) is 26.1 Å². The fraction of sp³-hybridized carbons (Fsp3) is 0.174. The number of primary amides is 1. The molecule has 194 valence electrons. The molecule has 15 heteroatoms. The Bertz CT molecular complexity index is 1580. The first kappa shape index (κ1) is 26.3. The zero-order valence-corrected chi connectivity index (χ0v) is 20.2. The summed E-state index contributed by atoms with van der Waals surface area (Å²) in [7, 11) is 0. The van der Waals surface area contributed by atoms with Crippen LogP contribution < -0.4 is 11.1 Å². The molecule has 2 amide bonds. The van der Waals surface area contributed by atoms with Crippen molar-refractivity contribution in [3.05, 3.63) is 81.4 Å². The Morgan fingerprint density at radius 1 is 1.26 bits per heavy atom. The van der Waals surface area contributed by atoms with E-state index in [2.05, 4.69) is 25.8 Å². The SMILES string of the molecule is Cc1cc(C#N)cc(C(N)=O)c1NC(=O)c1cc(Cn2nnc(C(F)(F)F)n2)nn1C1=CCC=CC=C1Cl. The lowest BCUT2D eigenvalue weighted by atomic mass is 10.0. The molecule has 1 aliphatic carbocycles. The molecular weight excluding hydrogens is 527 g/mol. The molecule has 0 bridgehead atoms. The number of aromatic nitrogens is 6. The van der Waals surface area contributed by atoms with Crippen molar-refractivity contribution in [2.24, 2.45) is 5.73 Å². The molecule has 3 N–H and O–H groups in total. The number of benzene rings is 1. The molecular formula is C23H17ClF3N9O2. The number of alkyl halides is 3. The van der Waals surface area contributed by atoms with E-state index in [9.17, 15) is 28.0 Å². The van der Waals surface area contributed by atoms with Crippen LogP contribution in [0.3, 0.4) is 0 Å². The van der Waals surface area contributed by atoms with E-state index in [1.165, 1.54) is 22.9 Å². The summed E-state index contributed by atoms with van der Waals surface area (Å²) < 4.78 is 39.9. The van der Waals surface area contributed by atoms with Gasteiger partial charge in [0.1, 0.15) is 12.2 Å². The zero-order valence-electron chi connectivity index (χ0n) is 19.5. The third-order valence-electron chi connectivity index (χ3n) is 5.27. The fourth-order valence-corrected chi connectivity index (χ4v) is 3.82. The average molecular weight is 544 g/mol. The molecule has 0 saturated carbocycles. The minimum absolute atomic E-state index is 0.0601. The van der Waals surface area contributed by atoms with E-state index in [4.69, 9.17) is 17.3 Å². The van der Waals surface area contributed by atoms with Crippen molar-refractivity contribution in [3.8, 4) is 6.07 Å². The summed E-state index contributed by atoms with van der Waals surface area (Å²) in [6.45, 7) is 1.24. The number of allylic oxidation sites excluding steroid dienone is 6. The number of nitriles is 1. The van der Waals surface area contributed by atoms with Crippen molar-refractivity contribution in [1.29, 1.82) is 5.26 Å². The standard InChI is InChI=1S/C23H17ClF3N9O2/c1-12-7-13(10-28)8-15(20(29)37)19(12)30-21(38)18-9-14(11-35-33-22(31-34-35)23(25,26)27)32-36(18)17-6-4-2-3-5-16(17)24/h2-3,5-9H,4,11H2,1H3,(H2,29,37)(H,30,38). The van der Waals surface area contributed by atoms with Gasteiger partial charge in [-0.2, -0.15) is 28.3 Å². The summed E-state index contributed by atoms with van der Waals surface area (Å²) in [5.74, 6) is -3.02. The maximum Gasteiger partial charge on any atom is 0.455 e. The minimum Gasteiger partial charge on any atom is -0.366 e. The van der Waals surface area contributed by atoms with Gasteiger partial charge in [0.2, 0.25) is 0 Å². The average Bonchev–Trinajstić information content (AvgIpc) is 3.44. The molecule has 2 heterocycles. The van der Waals surface area contributed by atoms with Gasteiger partial charge in [-0.1, -0.05) is 29.8 Å². The first-order valence-electron chi connectivity index (χ1n) is 10.8. The quantitative estimate of drug-likeness (QED) is 0.482. The molecule has 0 spiro atoms. The van der Waals surface area contributed by atoms with Crippen LogP contribution in [-0.2, 0) is 12.7 Å². The van der Waals surface area contributed by atoms with Gasteiger partial charge in [-0.25, -0.2) is 4.68 Å². The molecule has 0 atom stereocenters. The molecule has 11 nitrogen and oxygen atoms in total. The van der Waals surface area contributed by atoms with E-state index < -0.39 is 23.8 Å². The fourth-order valence-electron chi connectivity index (χ4n) is 3.59. The predicted octanol–water partition coefficient (Wildman–Crippen LogP) is 3.39. The smallest absolute Gasteiger partial charge is 0.366 e. The number of amides is 2. The highest BCUT2D eigenvalue weighted by atomic mass is 35.5. The Hall–Kier alpha value is -4.77. The van der Waals surface area contributed by atoms with E-state index in [1.807, 2.05) is 12.1 Å². The summed E-state index contributed by atoms with van der Waals surface area (Å²) in [6, 6.07) is 5.96. The molecule has 1 aromatic carbocycles. The second kappa shape index (κ2) is 10.3. The van der Waals surface area contributed by atoms with E-state index in [0.717, 1.165) is 0 Å². The number of nitrogens with two attached hydrogens (primary N) is 1. The maximum atomic E-state index is 13.5. The van der Waals surface area contributed by atoms with Gasteiger partial charge in [0.05, 0.1) is 39.3 Å². The summed E-state index contributed by atoms with van der Waals surface area (Å²) >= 11 is 6.40. The number of tetrazole rings is 1. The van der Waals surface area contributed by atoms with Gasteiger partial charge < -0.3 is 11.1 Å². The Morgan fingerprint density at radius 3 is 2.68 bits per heavy atom. The number of hydrogen-bond donors (Lipinski definition) is 2. The number of rotatable bonds is 6. The zero-order chi connectivity index (χ0) is 27.6. The van der Waals surface area contributed by atoms with Gasteiger partial charge in [-0.05, 0) is 48.4 Å². The van der Waals surface area contributed by atoms with Crippen LogP contribution in [0.25, 0.3) is 5.70 Å². The van der Waals surface area contributed by atoms with Crippen LogP contribution in [0.1, 0.15) is 49.9 Å². The lowest BCUT2D eigenvalue weighted by Gasteiger charge is -2.14. The number of nitrogens with one attached hydrogen (secondary N) is 1. The van der Waals surface area contributed by atoms with Gasteiger partial charge >= 0.3 is 6.18 Å². The molecule has 3 aromatic rings. The van der Waals surface area contributed by atoms with Crippen molar-refractivity contribution >= 4 is 34.8 Å². The molecule has 0 aliphatic heterocycles. The molecule has 1 aliphatic rings. The van der Waals surface area contributed by atoms with Crippen molar-refractivity contribution in [3.63, 3.8) is 0 Å². The molecule has 38 heavy (non-hydrogen) atoms. The van der Waals surface area contributed by atoms with Crippen molar-refractivity contribution in [2.75, 3.05) is 5.32 Å². The minimum atomic E-state index is -4.78. The summed E-state index contributed by atoms with van der Waals surface area (Å²) in [4.78, 5) is 26.2. The summed E-state index contributed by atoms with van der Waals surface area (Å²) in [5, 5.41) is 26.1. The van der Waals surface area contributed by atoms with Crippen LogP contribution in [0.2, 0.25) is 0 Å². The van der Waals surface area contributed by atoms with Crippen molar-refractivity contribution in [1.82, 2.24) is 30.0 Å². The summed E-state index contributed by atoms with van der Waals surface area (Å²) in [5.41, 5.74) is 6.44. The highest BCUT2D eigenvalue weighted by Gasteiger charge is 2.37. The van der Waals surface area contributed by atoms with Gasteiger partial charge in [-0.3, -0.25) is 9.59 Å². The predicted molar refractivity (Wildman–Crippen MR) is 128 cm³/mol. The maximum absolute atomic E-state index is 13.5. The van der Waals surface area contributed by atoms with E-state index in [-0.39, 0.29) is 39.8 Å². The Morgan fingerprint density at radius 2 is 2.03 bits per heavy atom. The Kier molecular flexibility index (Phi) is 7.13. The number of anilines is 1. The highest BCUT2D eigenvalue weighted by Crippen LogP contribution is 2.28. The van der Waals surface area contributed by atoms with Gasteiger partial charge in [0.25, 0.3) is 17.6 Å². The molecule has 0 radical (unpaired) electrons. The van der Waals surface area contributed by atoms with Crippen LogP contribution in [0.4, 0.5) is 18.9 Å². The monoisotopic (exact) mass is 543 g/mol. The first-order chi connectivity index (χ1) is 18.0. The first-order valence-corrected chi connectivity index (χ1v) is 11.2. The van der Waals surface area contributed by atoms with Gasteiger partial charge in [-0.15, -0.1) is 10.2 Å². The van der Waals surface area contributed by atoms with E-state index in [0.29, 0.717) is 22.5 Å². The topological polar surface area (TPSA) is 157 Å². The highest BCUT2D eigenvalue weighted by molar-refractivity contribution is 6.36. The number of carbonyl (C=O) groups excluding carboxylic acids is 2. The lowest BCUT2D eigenvalue weighted by Crippen LogP contribution is -2.22. The van der Waals surface area contributed by atoms with Crippen LogP contribution in [0.5, 0.6) is 0 Å². The van der Waals surface area contributed by atoms with Crippen molar-refractivity contribution < 1.29 is 22.8 Å². The Labute approximate surface area is 217 Å². The van der Waals surface area contributed by atoms with Crippen LogP contribution >= 0.6 is 11.6 Å². The molecule has 2 aromatic heterocycles. The lowest BCUT2D eigenvalue weighted by molar-refractivity contribution is -0.145. The largest absolute Gasteiger partial charge is 0.455 e. The van der Waals surface area contributed by atoms with Gasteiger partial charge in [0, 0.05) is 0 Å². The number of nitrogens with zero attached hydrogens (tertiary/aromatic N) is 7. The number of carbonyl (C=O) groups is 2. The third-order valence-corrected chi connectivity index (χ3v) is 5.59. The number of hydrogen-bond acceptors (Lipinski definition) is 7. The number of aryl methyl sites for hydroxylation is 1. The molecule has 0 saturated heterocycles. The molecule has 4 rings (SSSR count). The van der Waals surface area contributed by atoms with E-state index in [1.54, 1.807) is 25.2 Å². The van der Waals surface area contributed by atoms with Crippen LogP contribution in [0.15, 0.2) is 47.5 Å². The van der Waals surface area contributed by atoms with Crippen LogP contribution in [-0.4, -0.2) is 41.8 Å². The molecule has 0 fully saturated rings. The number of halogens is 4. The third kappa shape index (κ3) is 5.47. The van der Waals surface area contributed by atoms with Gasteiger partial charge in [0.15, 0.2) is 0 Å². The molecule has 0 unspecified atom stereocenters. The summed E-state index contributed by atoms with van der Waals surface area (Å²) in [6.07, 6.45) is 2.50. The second-order valence-electron chi connectivity index (χ2n) is 7.99. The Balaban J connectivity index is 1.76.